The second-order valence-corrected chi connectivity index (χ2v) is 19.5. The molecule has 2 aliphatic heterocycles. The van der Waals surface area contributed by atoms with Crippen LogP contribution in [-0.2, 0) is 19.1 Å². The van der Waals surface area contributed by atoms with E-state index in [0.717, 1.165) is 51.1 Å². The lowest BCUT2D eigenvalue weighted by Crippen LogP contribution is -2.42. The number of carbonyl (C=O) groups excluding carboxylic acids is 4. The van der Waals surface area contributed by atoms with Crippen molar-refractivity contribution in [2.24, 2.45) is 17.8 Å². The van der Waals surface area contributed by atoms with Gasteiger partial charge in [-0.2, -0.15) is 0 Å². The molecule has 8 rings (SSSR count). The summed E-state index contributed by atoms with van der Waals surface area (Å²) in [5, 5.41) is 19.7. The highest BCUT2D eigenvalue weighted by Crippen LogP contribution is 2.41. The summed E-state index contributed by atoms with van der Waals surface area (Å²) in [5.41, 5.74) is 6.04. The molecule has 5 unspecified atom stereocenters. The number of allylic oxidation sites excluding steroid dienone is 2. The molecular weight excluding hydrogens is 905 g/mol. The van der Waals surface area contributed by atoms with E-state index in [1.807, 2.05) is 49.2 Å². The number of ketones is 1. The number of hydrogen-bond acceptors (Lipinski definition) is 12. The van der Waals surface area contributed by atoms with Crippen LogP contribution in [0.5, 0.6) is 11.5 Å². The summed E-state index contributed by atoms with van der Waals surface area (Å²) in [7, 11) is 1.19. The number of hydrogen-bond donors (Lipinski definition) is 3. The lowest BCUT2D eigenvalue weighted by Gasteiger charge is -2.26. The minimum atomic E-state index is -1.29. The van der Waals surface area contributed by atoms with E-state index in [-0.39, 0.29) is 65.8 Å². The number of aliphatic hydroxyl groups is 1. The number of nitrogens with one attached hydrogen (secondary N) is 2. The van der Waals surface area contributed by atoms with Gasteiger partial charge in [-0.1, -0.05) is 106 Å². The number of aromatic nitrogens is 1. The number of methoxy groups -OCH3 is 1. The van der Waals surface area contributed by atoms with Crippen molar-refractivity contribution in [2.45, 2.75) is 78.2 Å². The SMILES string of the molecule is CCC(C)COc1cc2c(cc1OCC(C)C(C)CO[C@H]1C#C/C=C\C#CC3=C1/C(=C\CSC(C)=O)[C@@H](O)CC(=O)C3NC(=O)OC)NCC1CC(c3ccc4cc5ccccc5nc4c3)=CN1C2=O. The lowest BCUT2D eigenvalue weighted by molar-refractivity contribution is -0.121. The summed E-state index contributed by atoms with van der Waals surface area (Å²) in [6.45, 7) is 11.2. The number of pyridine rings is 1. The standard InChI is InChI=1S/C56H58N4O9S/c1-7-33(2)30-67-51-25-44-47(57-28-41-23-40(29-60(41)55(44)64)37-18-19-39-22-38-14-12-13-16-45(38)58-46(39)24-37)26-52(51)69-32-35(4)34(3)31-68-50-17-11-9-8-10-15-43-53(50)42(20-21-70-36(5)61)48(62)27-49(63)54(43)59-56(65)66-6/h8-9,12-14,16,18-20,22,24-26,29,33-35,41,48,50,54,57,62H,7,21,23,27-28,30-32H2,1-6H3,(H,59,65)/b9-8-,42-20-/t33?,34?,35?,41?,48-,50-,54?/m0/s1. The predicted octanol–water partition coefficient (Wildman–Crippen LogP) is 8.67. The Morgan fingerprint density at radius 2 is 1.71 bits per heavy atom. The number of nitrogens with zero attached hydrogens (tertiary/aromatic N) is 2. The molecule has 0 saturated heterocycles. The van der Waals surface area contributed by atoms with Gasteiger partial charge in [0, 0.05) is 59.8 Å². The number of Topliss-reactive ketones (excluding diaryl/α,β-unsaturated/α-hetero) is 1. The molecule has 7 atom stereocenters. The van der Waals surface area contributed by atoms with Gasteiger partial charge < -0.3 is 39.6 Å². The number of rotatable bonds is 15. The molecule has 70 heavy (non-hydrogen) atoms. The Hall–Kier alpha value is -6.84. The maximum absolute atomic E-state index is 14.5. The van der Waals surface area contributed by atoms with Gasteiger partial charge in [-0.25, -0.2) is 9.78 Å². The molecule has 1 aromatic heterocycles. The zero-order valence-electron chi connectivity index (χ0n) is 40.3. The second-order valence-electron chi connectivity index (χ2n) is 18.3. The molecule has 0 fully saturated rings. The summed E-state index contributed by atoms with van der Waals surface area (Å²) >= 11 is 1.05. The van der Waals surface area contributed by atoms with Crippen LogP contribution in [0.25, 0.3) is 27.4 Å². The molecule has 3 N–H and O–H groups in total. The third-order valence-corrected chi connectivity index (χ3v) is 14.0. The normalized spacial score (nSPS) is 21.8. The third kappa shape index (κ3) is 11.3. The lowest BCUT2D eigenvalue weighted by atomic mass is 9.90. The topological polar surface area (TPSA) is 166 Å². The van der Waals surface area contributed by atoms with E-state index in [9.17, 15) is 24.3 Å². The maximum Gasteiger partial charge on any atom is 0.407 e. The number of benzene rings is 3. The van der Waals surface area contributed by atoms with Crippen molar-refractivity contribution in [1.29, 1.82) is 0 Å². The van der Waals surface area contributed by atoms with Gasteiger partial charge in [0.1, 0.15) is 12.1 Å². The van der Waals surface area contributed by atoms with Crippen LogP contribution >= 0.6 is 11.8 Å². The Morgan fingerprint density at radius 3 is 2.51 bits per heavy atom. The maximum atomic E-state index is 14.5. The summed E-state index contributed by atoms with van der Waals surface area (Å²) < 4.78 is 24.5. The van der Waals surface area contributed by atoms with E-state index in [1.54, 1.807) is 18.2 Å². The van der Waals surface area contributed by atoms with Gasteiger partial charge in [-0.15, -0.1) is 0 Å². The molecule has 3 aromatic carbocycles. The number of ether oxygens (including phenoxy) is 4. The Morgan fingerprint density at radius 1 is 0.957 bits per heavy atom. The number of thioether (sulfide) groups is 1. The first-order valence-electron chi connectivity index (χ1n) is 23.7. The summed E-state index contributed by atoms with van der Waals surface area (Å²) in [6.07, 6.45) is 4.93. The molecule has 362 valence electrons. The molecule has 13 nitrogen and oxygen atoms in total. The van der Waals surface area contributed by atoms with Gasteiger partial charge in [-0.05, 0) is 77.3 Å². The van der Waals surface area contributed by atoms with Crippen molar-refractivity contribution in [3.63, 3.8) is 0 Å². The van der Waals surface area contributed by atoms with Gasteiger partial charge in [0.15, 0.2) is 22.4 Å². The first kappa shape index (κ1) is 49.6. The Labute approximate surface area is 413 Å². The van der Waals surface area contributed by atoms with E-state index in [2.05, 4.69) is 78.5 Å². The number of fused-ring (bicyclic) bond motifs is 4. The molecule has 4 aliphatic rings. The highest BCUT2D eigenvalue weighted by Gasteiger charge is 2.39. The van der Waals surface area contributed by atoms with Crippen molar-refractivity contribution < 1.29 is 43.2 Å². The third-order valence-electron chi connectivity index (χ3n) is 13.3. The van der Waals surface area contributed by atoms with Crippen LogP contribution in [0, 0.1) is 41.4 Å². The largest absolute Gasteiger partial charge is 0.489 e. The molecule has 4 aromatic rings. The van der Waals surface area contributed by atoms with Crippen LogP contribution in [0.2, 0.25) is 0 Å². The number of alkyl carbamates (subject to hydrolysis) is 1. The van der Waals surface area contributed by atoms with E-state index >= 15 is 0 Å². The first-order valence-corrected chi connectivity index (χ1v) is 24.7. The van der Waals surface area contributed by atoms with Crippen LogP contribution in [0.4, 0.5) is 10.5 Å². The van der Waals surface area contributed by atoms with E-state index < -0.39 is 30.1 Å². The molecule has 14 heteroatoms. The number of anilines is 1. The number of carbonyl (C=O) groups is 4. The van der Waals surface area contributed by atoms with Crippen molar-refractivity contribution in [3.05, 3.63) is 113 Å². The van der Waals surface area contributed by atoms with Gasteiger partial charge in [0.05, 0.1) is 61.4 Å². The van der Waals surface area contributed by atoms with Gasteiger partial charge in [0.2, 0.25) is 0 Å². The summed E-state index contributed by atoms with van der Waals surface area (Å²) in [5.74, 6) is 12.7. The highest BCUT2D eigenvalue weighted by atomic mass is 32.2. The fraction of sp³-hybridized carbons (Fsp3) is 0.375. The Balaban J connectivity index is 1.01. The molecule has 0 bridgehead atoms. The fourth-order valence-electron chi connectivity index (χ4n) is 8.71. The zero-order chi connectivity index (χ0) is 49.5. The molecule has 3 heterocycles. The second kappa shape index (κ2) is 22.3. The predicted molar refractivity (Wildman–Crippen MR) is 273 cm³/mol. The van der Waals surface area contributed by atoms with Crippen molar-refractivity contribution in [1.82, 2.24) is 15.2 Å². The van der Waals surface area contributed by atoms with Crippen LogP contribution in [0.3, 0.4) is 0 Å². The van der Waals surface area contributed by atoms with Crippen molar-refractivity contribution in [3.8, 4) is 35.2 Å². The van der Waals surface area contributed by atoms with Crippen molar-refractivity contribution >= 4 is 67.7 Å². The average molecular weight is 963 g/mol. The average Bonchev–Trinajstić information content (AvgIpc) is 3.75. The number of amides is 2. The van der Waals surface area contributed by atoms with E-state index in [4.69, 9.17) is 23.9 Å². The smallest absolute Gasteiger partial charge is 0.407 e. The fourth-order valence-corrected chi connectivity index (χ4v) is 9.21. The van der Waals surface area contributed by atoms with Crippen LogP contribution in [0.15, 0.2) is 102 Å². The minimum absolute atomic E-state index is 0.0803. The summed E-state index contributed by atoms with van der Waals surface area (Å²) in [4.78, 5) is 59.3. The molecular formula is C56H58N4O9S. The van der Waals surface area contributed by atoms with Crippen LogP contribution < -0.4 is 20.1 Å². The van der Waals surface area contributed by atoms with Gasteiger partial charge >= 0.3 is 6.09 Å². The monoisotopic (exact) mass is 962 g/mol. The summed E-state index contributed by atoms with van der Waals surface area (Å²) in [6, 6.07) is 18.9. The van der Waals surface area contributed by atoms with Gasteiger partial charge in [0.25, 0.3) is 5.91 Å². The quantitative estimate of drug-likeness (QED) is 0.0768. The number of para-hydroxylation sites is 1. The van der Waals surface area contributed by atoms with Crippen LogP contribution in [0.1, 0.15) is 69.8 Å². The van der Waals surface area contributed by atoms with Gasteiger partial charge in [-0.3, -0.25) is 14.4 Å². The van der Waals surface area contributed by atoms with E-state index in [1.165, 1.54) is 20.1 Å². The van der Waals surface area contributed by atoms with Crippen molar-refractivity contribution in [2.75, 3.05) is 44.5 Å². The minimum Gasteiger partial charge on any atom is -0.489 e. The molecule has 2 amide bonds. The van der Waals surface area contributed by atoms with Crippen LogP contribution in [-0.4, -0.2) is 101 Å². The number of aliphatic hydroxyl groups excluding tert-OH is 1. The highest BCUT2D eigenvalue weighted by molar-refractivity contribution is 8.13. The first-order chi connectivity index (χ1) is 33.8. The molecule has 0 saturated carbocycles. The van der Waals surface area contributed by atoms with E-state index in [0.29, 0.717) is 53.5 Å². The molecule has 2 aliphatic carbocycles. The zero-order valence-corrected chi connectivity index (χ0v) is 41.1. The Kier molecular flexibility index (Phi) is 15.8. The Bertz CT molecular complexity index is 2970. The molecule has 0 spiro atoms. The molecule has 0 radical (unpaired) electrons.